The van der Waals surface area contributed by atoms with Crippen molar-refractivity contribution in [2.45, 2.75) is 23.5 Å². The largest absolute Gasteiger partial charge is 0.504 e. The summed E-state index contributed by atoms with van der Waals surface area (Å²) in [5, 5.41) is 52.9. The minimum absolute atomic E-state index is 0.0770. The second kappa shape index (κ2) is 18.9. The Kier molecular flexibility index (Phi) is 14.0. The third-order valence-electron chi connectivity index (χ3n) is 8.04. The van der Waals surface area contributed by atoms with Gasteiger partial charge in [0, 0.05) is 41.0 Å². The van der Waals surface area contributed by atoms with Crippen LogP contribution in [0.2, 0.25) is 0 Å². The number of nitrogens with one attached hydrogen (secondary N) is 3. The van der Waals surface area contributed by atoms with E-state index in [0.717, 1.165) is 41.7 Å². The lowest BCUT2D eigenvalue weighted by Gasteiger charge is -2.14. The van der Waals surface area contributed by atoms with Gasteiger partial charge in [0.2, 0.25) is 0 Å². The van der Waals surface area contributed by atoms with Crippen LogP contribution in [0.3, 0.4) is 0 Å². The number of carbonyl (C=O) groups is 2. The molecule has 5 aromatic rings. The highest BCUT2D eigenvalue weighted by Gasteiger charge is 2.27. The van der Waals surface area contributed by atoms with Crippen molar-refractivity contribution >= 4 is 50.9 Å². The number of halogens is 1. The quantitative estimate of drug-likeness (QED) is 0.0308. The molecule has 0 aliphatic heterocycles. The third kappa shape index (κ3) is 11.5. The van der Waals surface area contributed by atoms with Gasteiger partial charge < -0.3 is 50.0 Å². The molecule has 21 heteroatoms. The number of nitrogens with zero attached hydrogens (tertiary/aromatic N) is 1. The fraction of sp³-hybridized carbons (Fsp3) is 0.216. The average Bonchev–Trinajstić information content (AvgIpc) is 3.61. The molecule has 0 aliphatic rings. The van der Waals surface area contributed by atoms with Crippen LogP contribution in [0.1, 0.15) is 45.5 Å². The van der Waals surface area contributed by atoms with E-state index >= 15 is 0 Å². The lowest BCUT2D eigenvalue weighted by molar-refractivity contribution is 0.0943. The number of thiophene rings is 1. The summed E-state index contributed by atoms with van der Waals surface area (Å²) >= 11 is 0.833. The Morgan fingerprint density at radius 2 is 1.36 bits per heavy atom. The van der Waals surface area contributed by atoms with Crippen molar-refractivity contribution in [1.29, 1.82) is 5.26 Å². The van der Waals surface area contributed by atoms with Crippen LogP contribution in [0.25, 0.3) is 10.1 Å². The zero-order valence-electron chi connectivity index (χ0n) is 30.2. The number of rotatable bonds is 19. The maximum Gasteiger partial charge on any atom is 0.391 e. The highest BCUT2D eigenvalue weighted by molar-refractivity contribution is 7.92. The number of unbranched alkanes of at least 4 members (excludes halogenated alkanes) is 1. The van der Waals surface area contributed by atoms with Crippen LogP contribution in [0.4, 0.5) is 4.39 Å². The number of ether oxygens (including phenoxy) is 2. The van der Waals surface area contributed by atoms with Gasteiger partial charge in [-0.25, -0.2) is 17.4 Å². The number of nitriles is 1. The molecule has 1 atom stereocenters. The Bertz CT molecular complexity index is 2530. The molecule has 0 fully saturated rings. The molecule has 17 nitrogen and oxygen atoms in total. The van der Waals surface area contributed by atoms with E-state index in [-0.39, 0.29) is 76.0 Å². The van der Waals surface area contributed by atoms with Crippen molar-refractivity contribution in [3.8, 4) is 46.3 Å². The average molecular weight is 859 g/mol. The fourth-order valence-electron chi connectivity index (χ4n) is 5.06. The molecule has 306 valence electrons. The Labute approximate surface area is 334 Å². The SMILES string of the molecule is N#Cc1ccc(OP(=O)(O)CNS(=O)(=O)c2cc3cc(OCCCNC(=O)c4ccc(O)c(O)c4)c(OCCCCNC(=O)c4ccc(O)c(O)c4)cc3s2)cc1F. The summed E-state index contributed by atoms with van der Waals surface area (Å²) in [6, 6.07) is 16.2. The molecule has 58 heavy (non-hydrogen) atoms. The molecule has 8 N–H and O–H groups in total. The monoisotopic (exact) mass is 858 g/mol. The van der Waals surface area contributed by atoms with Gasteiger partial charge in [-0.15, -0.1) is 11.3 Å². The van der Waals surface area contributed by atoms with E-state index in [1.54, 1.807) is 18.2 Å². The molecular formula is C37H36FN4O13PS2. The standard InChI is InChI=1S/C37H36FN4O13PS2/c38-27-18-26(7-4-24(27)20-39)55-56(49,50)21-42-58(51,52)35-17-25-16-32(54-13-3-11-41-37(48)23-6-9-29(44)31(46)15-23)33(19-34(25)57-35)53-12-2-1-10-40-36(47)22-5-8-28(43)30(45)14-22/h4-9,14-19,42-46H,1-3,10-13,21H2,(H,40,47)(H,41,48)(H,49,50). The van der Waals surface area contributed by atoms with Crippen molar-refractivity contribution in [2.75, 3.05) is 32.6 Å². The number of sulfonamides is 1. The topological polar surface area (TPSA) is 274 Å². The Hall–Kier alpha value is -6.10. The normalized spacial score (nSPS) is 12.3. The second-order valence-corrected chi connectivity index (χ2v) is 17.2. The van der Waals surface area contributed by atoms with Gasteiger partial charge in [-0.05, 0) is 85.3 Å². The smallest absolute Gasteiger partial charge is 0.391 e. The van der Waals surface area contributed by atoms with Crippen molar-refractivity contribution in [3.63, 3.8) is 0 Å². The van der Waals surface area contributed by atoms with E-state index in [2.05, 4.69) is 10.6 Å². The van der Waals surface area contributed by atoms with E-state index < -0.39 is 53.0 Å². The zero-order chi connectivity index (χ0) is 42.0. The van der Waals surface area contributed by atoms with Crippen LogP contribution in [0.5, 0.6) is 40.2 Å². The Morgan fingerprint density at radius 3 is 1.95 bits per heavy atom. The number of hydrogen-bond acceptors (Lipinski definition) is 14. The molecule has 1 heterocycles. The summed E-state index contributed by atoms with van der Waals surface area (Å²) in [5.41, 5.74) is -0.0285. The van der Waals surface area contributed by atoms with Gasteiger partial charge in [0.1, 0.15) is 28.1 Å². The summed E-state index contributed by atoms with van der Waals surface area (Å²) in [4.78, 5) is 35.1. The number of aromatic hydroxyl groups is 4. The number of hydrogen-bond donors (Lipinski definition) is 8. The van der Waals surface area contributed by atoms with Crippen LogP contribution in [0, 0.1) is 17.1 Å². The van der Waals surface area contributed by atoms with Crippen LogP contribution >= 0.6 is 18.9 Å². The minimum Gasteiger partial charge on any atom is -0.504 e. The summed E-state index contributed by atoms with van der Waals surface area (Å²) in [5.74, 6) is -3.44. The van der Waals surface area contributed by atoms with E-state index in [0.29, 0.717) is 29.3 Å². The van der Waals surface area contributed by atoms with Crippen molar-refractivity contribution < 1.29 is 66.3 Å². The first-order valence-corrected chi connectivity index (χ1v) is 21.3. The first kappa shape index (κ1) is 43.0. The highest BCUT2D eigenvalue weighted by Crippen LogP contribution is 2.43. The van der Waals surface area contributed by atoms with Gasteiger partial charge in [0.15, 0.2) is 34.5 Å². The molecule has 5 rings (SSSR count). The molecule has 0 bridgehead atoms. The lowest BCUT2D eigenvalue weighted by atomic mass is 10.2. The number of benzene rings is 4. The van der Waals surface area contributed by atoms with Crippen LogP contribution in [-0.2, 0) is 14.6 Å². The molecule has 0 spiro atoms. The summed E-state index contributed by atoms with van der Waals surface area (Å²) in [7, 11) is -9.07. The van der Waals surface area contributed by atoms with Crippen LogP contribution in [-0.4, -0.2) is 78.1 Å². The number of phenols is 4. The predicted octanol–water partition coefficient (Wildman–Crippen LogP) is 5.02. The number of phenolic OH excluding ortho intramolecular Hbond substituents is 4. The summed E-state index contributed by atoms with van der Waals surface area (Å²) in [6.45, 7) is 0.657. The van der Waals surface area contributed by atoms with Gasteiger partial charge in [-0.1, -0.05) is 0 Å². The third-order valence-corrected chi connectivity index (χ3v) is 12.3. The van der Waals surface area contributed by atoms with Gasteiger partial charge >= 0.3 is 7.60 Å². The molecule has 4 aromatic carbocycles. The van der Waals surface area contributed by atoms with E-state index in [1.807, 2.05) is 4.72 Å². The highest BCUT2D eigenvalue weighted by atomic mass is 32.2. The molecule has 0 saturated heterocycles. The van der Waals surface area contributed by atoms with Crippen molar-refractivity contribution in [2.24, 2.45) is 0 Å². The van der Waals surface area contributed by atoms with Gasteiger partial charge in [-0.2, -0.15) is 9.98 Å². The Balaban J connectivity index is 1.22. The molecular weight excluding hydrogens is 823 g/mol. The Morgan fingerprint density at radius 1 is 0.776 bits per heavy atom. The molecule has 0 aliphatic carbocycles. The molecule has 1 unspecified atom stereocenters. The number of amides is 2. The van der Waals surface area contributed by atoms with Crippen LogP contribution < -0.4 is 29.4 Å². The van der Waals surface area contributed by atoms with Crippen LogP contribution in [0.15, 0.2) is 77.0 Å². The van der Waals surface area contributed by atoms with Gasteiger partial charge in [0.05, 0.1) is 18.8 Å². The number of carbonyl (C=O) groups excluding carboxylic acids is 2. The maximum atomic E-state index is 14.0. The van der Waals surface area contributed by atoms with Crippen molar-refractivity contribution in [1.82, 2.24) is 15.4 Å². The minimum atomic E-state index is -4.68. The number of fused-ring (bicyclic) bond motifs is 1. The van der Waals surface area contributed by atoms with E-state index in [1.165, 1.54) is 30.3 Å². The van der Waals surface area contributed by atoms with E-state index in [9.17, 15) is 52.3 Å². The van der Waals surface area contributed by atoms with Crippen molar-refractivity contribution in [3.05, 3.63) is 95.3 Å². The first-order chi connectivity index (χ1) is 27.5. The molecule has 0 radical (unpaired) electrons. The fourth-order valence-corrected chi connectivity index (χ4v) is 9.01. The first-order valence-electron chi connectivity index (χ1n) is 17.2. The lowest BCUT2D eigenvalue weighted by Crippen LogP contribution is -2.25. The molecule has 1 aromatic heterocycles. The van der Waals surface area contributed by atoms with E-state index in [4.69, 9.17) is 19.3 Å². The van der Waals surface area contributed by atoms with Gasteiger partial charge in [-0.3, -0.25) is 9.59 Å². The second-order valence-electron chi connectivity index (χ2n) is 12.4. The van der Waals surface area contributed by atoms with Gasteiger partial charge in [0.25, 0.3) is 21.8 Å². The molecule has 0 saturated carbocycles. The maximum absolute atomic E-state index is 14.0. The summed E-state index contributed by atoms with van der Waals surface area (Å²) in [6.07, 6.45) is 0.204. The predicted molar refractivity (Wildman–Crippen MR) is 208 cm³/mol. The zero-order valence-corrected chi connectivity index (χ0v) is 32.7. The molecule has 2 amide bonds. The summed E-state index contributed by atoms with van der Waals surface area (Å²) < 4.78 is 72.2.